The van der Waals surface area contributed by atoms with Crippen LogP contribution in [-0.4, -0.2) is 5.48 Å². The lowest BCUT2D eigenvalue weighted by Gasteiger charge is -2.00. The highest BCUT2D eigenvalue weighted by atomic mass is 19.3. The first-order valence-corrected chi connectivity index (χ1v) is 2.76. The van der Waals surface area contributed by atoms with Crippen molar-refractivity contribution in [2.75, 3.05) is 0 Å². The van der Waals surface area contributed by atoms with Crippen molar-refractivity contribution < 1.29 is 33.2 Å². The van der Waals surface area contributed by atoms with Crippen LogP contribution in [0, 0.1) is 11.6 Å². The Balaban J connectivity index is 0.00000144. The summed E-state index contributed by atoms with van der Waals surface area (Å²) in [7, 11) is 0. The van der Waals surface area contributed by atoms with E-state index in [0.717, 1.165) is 0 Å². The highest BCUT2D eigenvalue weighted by Crippen LogP contribution is 2.29. The molecule has 74 valence electrons. The summed E-state index contributed by atoms with van der Waals surface area (Å²) in [6, 6.07) is 1.26. The zero-order valence-electron chi connectivity index (χ0n) is 5.98. The van der Waals surface area contributed by atoms with Gasteiger partial charge in [0.15, 0.2) is 5.82 Å². The summed E-state index contributed by atoms with van der Waals surface area (Å²) in [5.41, 5.74) is 0. The minimum Gasteiger partial charge on any atom is -0.412 e. The van der Waals surface area contributed by atoms with Gasteiger partial charge in [-0.2, -0.15) is 4.39 Å². The van der Waals surface area contributed by atoms with Crippen LogP contribution in [0.15, 0.2) is 12.1 Å². The van der Waals surface area contributed by atoms with Crippen LogP contribution in [0.3, 0.4) is 0 Å². The molecule has 0 amide bonds. The maximum Gasteiger partial charge on any atom is 0.246 e. The van der Waals surface area contributed by atoms with Crippen molar-refractivity contribution in [2.45, 2.75) is 0 Å². The summed E-state index contributed by atoms with van der Waals surface area (Å²) >= 11 is 0. The molecular weight excluding hydrogens is 196 g/mol. The molecule has 0 aliphatic carbocycles. The molecule has 0 saturated carbocycles. The van der Waals surface area contributed by atoms with E-state index in [-0.39, 0.29) is 5.48 Å². The van der Waals surface area contributed by atoms with E-state index in [9.17, 15) is 17.8 Å². The first kappa shape index (κ1) is 11.5. The fourth-order valence-electron chi connectivity index (χ4n) is 0.645. The quantitative estimate of drug-likeness (QED) is 0.681. The van der Waals surface area contributed by atoms with Crippen LogP contribution >= 0.6 is 0 Å². The molecule has 0 radical (unpaired) electrons. The lowest BCUT2D eigenvalue weighted by molar-refractivity contribution is -0.0268. The van der Waals surface area contributed by atoms with E-state index in [1.165, 1.54) is 0 Å². The van der Waals surface area contributed by atoms with Crippen molar-refractivity contribution in [3.05, 3.63) is 23.8 Å². The first-order valence-electron chi connectivity index (χ1n) is 2.76. The van der Waals surface area contributed by atoms with Crippen LogP contribution in [-0.2, 0) is 0 Å². The fourth-order valence-corrected chi connectivity index (χ4v) is 0.645. The summed E-state index contributed by atoms with van der Waals surface area (Å²) in [4.78, 5) is 5.78. The fraction of sp³-hybridized carbons (Fsp3) is 0. The normalized spacial score (nSPS) is 8.92. The molecule has 0 aliphatic heterocycles. The van der Waals surface area contributed by atoms with E-state index in [0.29, 0.717) is 12.1 Å². The Morgan fingerprint density at radius 2 is 1.62 bits per heavy atom. The Kier molecular flexibility index (Phi) is 3.99. The summed E-state index contributed by atoms with van der Waals surface area (Å²) in [5, 5.41) is 0. The van der Waals surface area contributed by atoms with Gasteiger partial charge in [-0.25, -0.2) is 4.39 Å². The van der Waals surface area contributed by atoms with Gasteiger partial charge in [-0.1, -0.05) is 0 Å². The van der Waals surface area contributed by atoms with Crippen molar-refractivity contribution in [3.63, 3.8) is 0 Å². The molecule has 13 heavy (non-hydrogen) atoms. The van der Waals surface area contributed by atoms with Crippen molar-refractivity contribution in [1.29, 1.82) is 0 Å². The Labute approximate surface area is 69.6 Å². The van der Waals surface area contributed by atoms with Crippen LogP contribution in [0.4, 0.5) is 17.8 Å². The first-order chi connectivity index (χ1) is 5.70. The van der Waals surface area contributed by atoms with Crippen LogP contribution in [0.25, 0.3) is 0 Å². The standard InChI is InChI=1S/C6H2F4O2.H2O/c7-3-1-2-4(11-9)5(8)6(3)12-10;/h1-2H;1H2. The predicted octanol–water partition coefficient (Wildman–Crippen LogP) is 1.67. The minimum absolute atomic E-state index is 0. The van der Waals surface area contributed by atoms with E-state index in [2.05, 4.69) is 9.88 Å². The second kappa shape index (κ2) is 4.51. The Hall–Kier alpha value is -1.50. The molecule has 0 aliphatic rings. The number of halogens is 4. The van der Waals surface area contributed by atoms with Crippen LogP contribution in [0.2, 0.25) is 0 Å². The van der Waals surface area contributed by atoms with Gasteiger partial charge < -0.3 is 5.48 Å². The predicted molar refractivity (Wildman–Crippen MR) is 33.4 cm³/mol. The molecule has 3 nitrogen and oxygen atoms in total. The third-order valence-corrected chi connectivity index (χ3v) is 1.17. The van der Waals surface area contributed by atoms with Crippen molar-refractivity contribution in [2.24, 2.45) is 0 Å². The summed E-state index contributed by atoms with van der Waals surface area (Å²) in [5.74, 6) is -5.12. The zero-order chi connectivity index (χ0) is 9.14. The molecule has 0 spiro atoms. The lowest BCUT2D eigenvalue weighted by atomic mass is 10.3. The molecular formula is C6H4F4O3. The SMILES string of the molecule is FOc1ccc(F)c(OF)c1F.O. The number of hydrogen-bond donors (Lipinski definition) is 0. The average molecular weight is 200 g/mol. The topological polar surface area (TPSA) is 50.0 Å². The maximum absolute atomic E-state index is 12.6. The van der Waals surface area contributed by atoms with E-state index >= 15 is 0 Å². The van der Waals surface area contributed by atoms with Crippen LogP contribution in [0.5, 0.6) is 11.5 Å². The van der Waals surface area contributed by atoms with Crippen molar-refractivity contribution in [1.82, 2.24) is 0 Å². The molecule has 0 bridgehead atoms. The van der Waals surface area contributed by atoms with E-state index in [1.54, 1.807) is 0 Å². The highest BCUT2D eigenvalue weighted by Gasteiger charge is 2.17. The van der Waals surface area contributed by atoms with Gasteiger partial charge in [0.05, 0.1) is 0 Å². The van der Waals surface area contributed by atoms with Gasteiger partial charge in [-0.3, -0.25) is 9.88 Å². The zero-order valence-corrected chi connectivity index (χ0v) is 5.98. The molecule has 0 saturated heterocycles. The monoisotopic (exact) mass is 200 g/mol. The average Bonchev–Trinajstić information content (AvgIpc) is 2.06. The Morgan fingerprint density at radius 1 is 1.00 bits per heavy atom. The van der Waals surface area contributed by atoms with Gasteiger partial charge in [0.25, 0.3) is 0 Å². The molecule has 7 heteroatoms. The molecule has 1 aromatic carbocycles. The molecule has 0 aromatic heterocycles. The molecule has 0 heterocycles. The third-order valence-electron chi connectivity index (χ3n) is 1.17. The lowest BCUT2D eigenvalue weighted by Crippen LogP contribution is -1.91. The van der Waals surface area contributed by atoms with Gasteiger partial charge in [0.2, 0.25) is 17.3 Å². The Morgan fingerprint density at radius 3 is 2.08 bits per heavy atom. The van der Waals surface area contributed by atoms with Gasteiger partial charge >= 0.3 is 0 Å². The second-order valence-corrected chi connectivity index (χ2v) is 1.84. The smallest absolute Gasteiger partial charge is 0.246 e. The van der Waals surface area contributed by atoms with Gasteiger partial charge in [-0.15, -0.1) is 0 Å². The molecule has 1 rings (SSSR count). The van der Waals surface area contributed by atoms with E-state index < -0.39 is 23.1 Å². The van der Waals surface area contributed by atoms with E-state index in [1.807, 2.05) is 0 Å². The van der Waals surface area contributed by atoms with Gasteiger partial charge in [-0.05, 0) is 12.1 Å². The molecule has 2 N–H and O–H groups in total. The minimum atomic E-state index is -1.57. The van der Waals surface area contributed by atoms with Gasteiger partial charge in [0, 0.05) is 9.05 Å². The second-order valence-electron chi connectivity index (χ2n) is 1.84. The number of rotatable bonds is 2. The third kappa shape index (κ3) is 2.00. The molecule has 1 aromatic rings. The molecule has 0 atom stereocenters. The van der Waals surface area contributed by atoms with Crippen LogP contribution in [0.1, 0.15) is 0 Å². The van der Waals surface area contributed by atoms with Crippen LogP contribution < -0.4 is 9.88 Å². The van der Waals surface area contributed by atoms with Gasteiger partial charge in [0.1, 0.15) is 0 Å². The summed E-state index contributed by atoms with van der Waals surface area (Å²) in [6.45, 7) is 0. The summed E-state index contributed by atoms with van der Waals surface area (Å²) < 4.78 is 47.7. The molecule has 0 unspecified atom stereocenters. The highest BCUT2D eigenvalue weighted by molar-refractivity contribution is 5.36. The van der Waals surface area contributed by atoms with Crippen molar-refractivity contribution >= 4 is 0 Å². The number of benzene rings is 1. The summed E-state index contributed by atoms with van der Waals surface area (Å²) in [6.07, 6.45) is 0. The largest absolute Gasteiger partial charge is 0.412 e. The van der Waals surface area contributed by atoms with E-state index in [4.69, 9.17) is 0 Å². The number of hydrogen-bond acceptors (Lipinski definition) is 2. The van der Waals surface area contributed by atoms with Crippen molar-refractivity contribution in [3.8, 4) is 11.5 Å². The molecule has 0 fully saturated rings. The maximum atomic E-state index is 12.6. The Bertz CT molecular complexity index is 291.